The SMILES string of the molecule is CCSc1nnc(SCCCc2ccccc2)s1. The standard InChI is InChI=1S/C13H16N2S3/c1-2-16-12-14-15-13(18-12)17-10-6-9-11-7-4-3-5-8-11/h3-5,7-8H,2,6,9-10H2,1H3. The first-order valence-corrected chi connectivity index (χ1v) is 8.80. The van der Waals surface area contributed by atoms with Gasteiger partial charge in [0.15, 0.2) is 8.68 Å². The number of hydrogen-bond donors (Lipinski definition) is 0. The lowest BCUT2D eigenvalue weighted by Gasteiger charge is -1.99. The van der Waals surface area contributed by atoms with Gasteiger partial charge in [0, 0.05) is 5.75 Å². The van der Waals surface area contributed by atoms with Crippen molar-refractivity contribution in [2.45, 2.75) is 28.4 Å². The van der Waals surface area contributed by atoms with Gasteiger partial charge in [0.2, 0.25) is 0 Å². The molecule has 96 valence electrons. The van der Waals surface area contributed by atoms with Crippen LogP contribution in [0.1, 0.15) is 18.9 Å². The van der Waals surface area contributed by atoms with Gasteiger partial charge in [-0.2, -0.15) is 0 Å². The van der Waals surface area contributed by atoms with Gasteiger partial charge in [-0.1, -0.05) is 72.1 Å². The number of rotatable bonds is 7. The van der Waals surface area contributed by atoms with Crippen molar-refractivity contribution >= 4 is 34.9 Å². The van der Waals surface area contributed by atoms with Gasteiger partial charge in [-0.25, -0.2) is 0 Å². The molecule has 0 saturated carbocycles. The Labute approximate surface area is 121 Å². The van der Waals surface area contributed by atoms with Crippen molar-refractivity contribution in [2.75, 3.05) is 11.5 Å². The summed E-state index contributed by atoms with van der Waals surface area (Å²) >= 11 is 5.29. The number of nitrogens with zero attached hydrogens (tertiary/aromatic N) is 2. The number of thioether (sulfide) groups is 2. The summed E-state index contributed by atoms with van der Waals surface area (Å²) in [4.78, 5) is 0. The molecule has 0 fully saturated rings. The molecule has 1 aromatic carbocycles. The van der Waals surface area contributed by atoms with Gasteiger partial charge in [0.1, 0.15) is 0 Å². The molecular formula is C13H16N2S3. The summed E-state index contributed by atoms with van der Waals surface area (Å²) < 4.78 is 2.18. The Morgan fingerprint density at radius 1 is 1.06 bits per heavy atom. The van der Waals surface area contributed by atoms with E-state index in [4.69, 9.17) is 0 Å². The first-order valence-electron chi connectivity index (χ1n) is 6.01. The van der Waals surface area contributed by atoms with E-state index in [0.717, 1.165) is 26.6 Å². The highest BCUT2D eigenvalue weighted by molar-refractivity contribution is 8.03. The second-order valence-corrected chi connectivity index (χ2v) is 7.54. The molecule has 0 aliphatic heterocycles. The molecule has 0 saturated heterocycles. The molecule has 1 aromatic heterocycles. The predicted molar refractivity (Wildman–Crippen MR) is 81.8 cm³/mol. The topological polar surface area (TPSA) is 25.8 Å². The van der Waals surface area contributed by atoms with Gasteiger partial charge in [-0.15, -0.1) is 10.2 Å². The van der Waals surface area contributed by atoms with E-state index >= 15 is 0 Å². The summed E-state index contributed by atoms with van der Waals surface area (Å²) in [6.07, 6.45) is 2.33. The molecule has 0 atom stereocenters. The third kappa shape index (κ3) is 4.63. The van der Waals surface area contributed by atoms with Crippen molar-refractivity contribution in [3.63, 3.8) is 0 Å². The summed E-state index contributed by atoms with van der Waals surface area (Å²) in [5.74, 6) is 2.17. The van der Waals surface area contributed by atoms with E-state index < -0.39 is 0 Å². The molecule has 2 rings (SSSR count). The smallest absolute Gasteiger partial charge is 0.131 e. The quantitative estimate of drug-likeness (QED) is 0.559. The van der Waals surface area contributed by atoms with Crippen LogP contribution in [0.25, 0.3) is 0 Å². The highest BCUT2D eigenvalue weighted by Gasteiger charge is 2.04. The lowest BCUT2D eigenvalue weighted by molar-refractivity contribution is 0.924. The minimum atomic E-state index is 1.06. The lowest BCUT2D eigenvalue weighted by atomic mass is 10.1. The second kappa shape index (κ2) is 7.81. The van der Waals surface area contributed by atoms with Crippen molar-refractivity contribution in [1.29, 1.82) is 0 Å². The number of hydrogen-bond acceptors (Lipinski definition) is 5. The van der Waals surface area contributed by atoms with Crippen molar-refractivity contribution in [2.24, 2.45) is 0 Å². The lowest BCUT2D eigenvalue weighted by Crippen LogP contribution is -1.87. The highest BCUT2D eigenvalue weighted by Crippen LogP contribution is 2.28. The third-order valence-corrected chi connectivity index (χ3v) is 5.49. The van der Waals surface area contributed by atoms with Gasteiger partial charge >= 0.3 is 0 Å². The number of aromatic nitrogens is 2. The Kier molecular flexibility index (Phi) is 6.04. The molecule has 0 spiro atoms. The van der Waals surface area contributed by atoms with Crippen LogP contribution in [0.2, 0.25) is 0 Å². The molecule has 0 N–H and O–H groups in total. The maximum atomic E-state index is 4.19. The minimum absolute atomic E-state index is 1.06. The summed E-state index contributed by atoms with van der Waals surface area (Å²) in [6, 6.07) is 10.6. The Morgan fingerprint density at radius 3 is 2.50 bits per heavy atom. The Balaban J connectivity index is 1.68. The van der Waals surface area contributed by atoms with Crippen LogP contribution in [0.5, 0.6) is 0 Å². The molecule has 2 nitrogen and oxygen atoms in total. The fraction of sp³-hybridized carbons (Fsp3) is 0.385. The van der Waals surface area contributed by atoms with Gasteiger partial charge < -0.3 is 0 Å². The first kappa shape index (κ1) is 13.9. The van der Waals surface area contributed by atoms with Crippen LogP contribution in [0.4, 0.5) is 0 Å². The van der Waals surface area contributed by atoms with E-state index in [1.165, 1.54) is 12.0 Å². The van der Waals surface area contributed by atoms with Crippen LogP contribution in [0, 0.1) is 0 Å². The molecule has 2 aromatic rings. The Hall–Kier alpha value is -0.520. The molecule has 0 bridgehead atoms. The zero-order valence-corrected chi connectivity index (χ0v) is 12.8. The summed E-state index contributed by atoms with van der Waals surface area (Å²) in [5.41, 5.74) is 1.41. The molecule has 0 aliphatic carbocycles. The van der Waals surface area contributed by atoms with E-state index in [1.807, 2.05) is 11.8 Å². The number of benzene rings is 1. The zero-order valence-electron chi connectivity index (χ0n) is 10.3. The van der Waals surface area contributed by atoms with Gasteiger partial charge in [-0.3, -0.25) is 0 Å². The van der Waals surface area contributed by atoms with Gasteiger partial charge in [0.25, 0.3) is 0 Å². The largest absolute Gasteiger partial charge is 0.175 e. The fourth-order valence-corrected chi connectivity index (χ4v) is 4.44. The molecule has 0 aliphatic rings. The monoisotopic (exact) mass is 296 g/mol. The fourth-order valence-electron chi connectivity index (χ4n) is 1.52. The second-order valence-electron chi connectivity index (χ2n) is 3.70. The summed E-state index contributed by atoms with van der Waals surface area (Å²) in [5, 5.41) is 8.34. The summed E-state index contributed by atoms with van der Waals surface area (Å²) in [6.45, 7) is 2.14. The van der Waals surface area contributed by atoms with Crippen molar-refractivity contribution in [3.8, 4) is 0 Å². The molecular weight excluding hydrogens is 280 g/mol. The van der Waals surface area contributed by atoms with E-state index in [-0.39, 0.29) is 0 Å². The molecule has 5 heteroatoms. The van der Waals surface area contributed by atoms with Crippen LogP contribution in [0.15, 0.2) is 39.0 Å². The number of aryl methyl sites for hydroxylation is 1. The molecule has 0 unspecified atom stereocenters. The van der Waals surface area contributed by atoms with Crippen LogP contribution in [0.3, 0.4) is 0 Å². The predicted octanol–water partition coefficient (Wildman–Crippen LogP) is 4.38. The minimum Gasteiger partial charge on any atom is -0.131 e. The van der Waals surface area contributed by atoms with Gasteiger partial charge in [-0.05, 0) is 24.2 Å². The van der Waals surface area contributed by atoms with E-state index in [2.05, 4.69) is 47.5 Å². The summed E-state index contributed by atoms with van der Waals surface area (Å²) in [7, 11) is 0. The average molecular weight is 296 g/mol. The third-order valence-electron chi connectivity index (χ3n) is 2.33. The van der Waals surface area contributed by atoms with Crippen molar-refractivity contribution < 1.29 is 0 Å². The van der Waals surface area contributed by atoms with Crippen LogP contribution < -0.4 is 0 Å². The van der Waals surface area contributed by atoms with Crippen LogP contribution in [-0.2, 0) is 6.42 Å². The zero-order chi connectivity index (χ0) is 12.6. The molecule has 18 heavy (non-hydrogen) atoms. The van der Waals surface area contributed by atoms with Crippen LogP contribution in [-0.4, -0.2) is 21.7 Å². The molecule has 0 amide bonds. The van der Waals surface area contributed by atoms with Crippen molar-refractivity contribution in [1.82, 2.24) is 10.2 Å². The molecule has 1 heterocycles. The van der Waals surface area contributed by atoms with E-state index in [0.29, 0.717) is 0 Å². The first-order chi connectivity index (χ1) is 8.88. The Bertz CT molecular complexity index is 456. The van der Waals surface area contributed by atoms with E-state index in [1.54, 1.807) is 23.1 Å². The highest BCUT2D eigenvalue weighted by atomic mass is 32.2. The maximum absolute atomic E-state index is 4.19. The normalized spacial score (nSPS) is 10.7. The molecule has 0 radical (unpaired) electrons. The Morgan fingerprint density at radius 2 is 1.78 bits per heavy atom. The van der Waals surface area contributed by atoms with E-state index in [9.17, 15) is 0 Å². The van der Waals surface area contributed by atoms with Gasteiger partial charge in [0.05, 0.1) is 0 Å². The van der Waals surface area contributed by atoms with Crippen molar-refractivity contribution in [3.05, 3.63) is 35.9 Å². The average Bonchev–Trinajstić information content (AvgIpc) is 2.84. The van der Waals surface area contributed by atoms with Crippen LogP contribution >= 0.6 is 34.9 Å². The maximum Gasteiger partial charge on any atom is 0.175 e.